The summed E-state index contributed by atoms with van der Waals surface area (Å²) in [5.41, 5.74) is -0.392. The summed E-state index contributed by atoms with van der Waals surface area (Å²) in [7, 11) is 0. The van der Waals surface area contributed by atoms with Crippen LogP contribution in [-0.4, -0.2) is 12.1 Å². The third-order valence-electron chi connectivity index (χ3n) is 2.62. The number of benzene rings is 1. The topological polar surface area (TPSA) is 26.3 Å². The van der Waals surface area contributed by atoms with Gasteiger partial charge in [0, 0.05) is 0 Å². The van der Waals surface area contributed by atoms with Crippen molar-refractivity contribution in [2.24, 2.45) is 0 Å². The molecule has 2 atom stereocenters. The molecule has 0 spiro atoms. The molecule has 1 aliphatic heterocycles. The lowest BCUT2D eigenvalue weighted by atomic mass is 9.91. The number of carbonyl (C=O) groups excluding carboxylic acids is 1. The van der Waals surface area contributed by atoms with Crippen LogP contribution in [-0.2, 0) is 15.1 Å². The van der Waals surface area contributed by atoms with Crippen molar-refractivity contribution in [1.82, 2.24) is 0 Å². The van der Waals surface area contributed by atoms with E-state index >= 15 is 0 Å². The van der Waals surface area contributed by atoms with Crippen molar-refractivity contribution in [1.29, 1.82) is 0 Å². The lowest BCUT2D eigenvalue weighted by Crippen LogP contribution is -2.29. The Labute approximate surface area is 81.7 Å². The molecule has 0 saturated carbocycles. The molecule has 1 fully saturated rings. The molecule has 0 amide bonds. The molecule has 1 heterocycles. The molecule has 1 saturated heterocycles. The van der Waals surface area contributed by atoms with Crippen LogP contribution in [0.25, 0.3) is 0 Å². The lowest BCUT2D eigenvalue weighted by Gasteiger charge is -2.25. The van der Waals surface area contributed by atoms with Gasteiger partial charge in [0.15, 0.2) is 11.8 Å². The van der Waals surface area contributed by atoms with Gasteiger partial charge in [0.05, 0.1) is 6.42 Å². The fourth-order valence-electron chi connectivity index (χ4n) is 1.69. The van der Waals surface area contributed by atoms with Crippen LogP contribution < -0.4 is 0 Å². The fraction of sp³-hybridized carbons (Fsp3) is 0.364. The molecule has 2 rings (SSSR count). The highest BCUT2D eigenvalue weighted by Crippen LogP contribution is 2.38. The quantitative estimate of drug-likeness (QED) is 0.640. The van der Waals surface area contributed by atoms with Crippen LogP contribution in [0.4, 0.5) is 4.39 Å². The Hall–Kier alpha value is -1.38. The molecule has 74 valence electrons. The second-order valence-electron chi connectivity index (χ2n) is 3.62. The molecule has 0 N–H and O–H groups in total. The van der Waals surface area contributed by atoms with E-state index in [0.29, 0.717) is 5.56 Å². The number of esters is 1. The van der Waals surface area contributed by atoms with Gasteiger partial charge < -0.3 is 4.74 Å². The number of hydrogen-bond acceptors (Lipinski definition) is 2. The summed E-state index contributed by atoms with van der Waals surface area (Å²) in [6.07, 6.45) is -1.40. The first-order chi connectivity index (χ1) is 6.63. The minimum Gasteiger partial charge on any atom is -0.451 e. The summed E-state index contributed by atoms with van der Waals surface area (Å²) in [5.74, 6) is -0.469. The van der Waals surface area contributed by atoms with Crippen LogP contribution in [0, 0.1) is 0 Å². The number of cyclic esters (lactones) is 1. The van der Waals surface area contributed by atoms with Gasteiger partial charge in [-0.2, -0.15) is 0 Å². The zero-order valence-corrected chi connectivity index (χ0v) is 7.87. The van der Waals surface area contributed by atoms with E-state index in [1.165, 1.54) is 0 Å². The summed E-state index contributed by atoms with van der Waals surface area (Å²) < 4.78 is 18.6. The molecule has 1 aromatic carbocycles. The maximum atomic E-state index is 13.6. The van der Waals surface area contributed by atoms with Gasteiger partial charge in [0.2, 0.25) is 0 Å². The maximum absolute atomic E-state index is 13.6. The van der Waals surface area contributed by atoms with Gasteiger partial charge >= 0.3 is 5.97 Å². The van der Waals surface area contributed by atoms with Gasteiger partial charge in [-0.15, -0.1) is 0 Å². The molecule has 14 heavy (non-hydrogen) atoms. The van der Waals surface area contributed by atoms with Crippen LogP contribution in [0.3, 0.4) is 0 Å². The number of hydrogen-bond donors (Lipinski definition) is 0. The van der Waals surface area contributed by atoms with Crippen molar-refractivity contribution in [3.63, 3.8) is 0 Å². The number of ether oxygens (including phenoxy) is 1. The van der Waals surface area contributed by atoms with E-state index in [-0.39, 0.29) is 6.42 Å². The van der Waals surface area contributed by atoms with Gasteiger partial charge in [-0.25, -0.2) is 4.39 Å². The van der Waals surface area contributed by atoms with Crippen molar-refractivity contribution in [3.05, 3.63) is 35.9 Å². The number of rotatable bonds is 1. The average Bonchev–Trinajstić information content (AvgIpc) is 2.43. The Morgan fingerprint density at radius 1 is 1.43 bits per heavy atom. The van der Waals surface area contributed by atoms with Gasteiger partial charge in [-0.1, -0.05) is 30.3 Å². The number of halogens is 1. The van der Waals surface area contributed by atoms with Crippen molar-refractivity contribution >= 4 is 5.97 Å². The van der Waals surface area contributed by atoms with E-state index in [1.54, 1.807) is 31.2 Å². The monoisotopic (exact) mass is 194 g/mol. The third kappa shape index (κ3) is 1.29. The predicted molar refractivity (Wildman–Crippen MR) is 49.4 cm³/mol. The van der Waals surface area contributed by atoms with Gasteiger partial charge in [0.25, 0.3) is 0 Å². The highest BCUT2D eigenvalue weighted by molar-refractivity contribution is 5.73. The normalized spacial score (nSPS) is 31.6. The van der Waals surface area contributed by atoms with E-state index in [2.05, 4.69) is 0 Å². The first kappa shape index (κ1) is 9.19. The van der Waals surface area contributed by atoms with E-state index in [1.807, 2.05) is 6.07 Å². The summed E-state index contributed by atoms with van der Waals surface area (Å²) in [6.45, 7) is 1.61. The Morgan fingerprint density at radius 3 is 2.57 bits per heavy atom. The fourth-order valence-corrected chi connectivity index (χ4v) is 1.69. The van der Waals surface area contributed by atoms with Gasteiger partial charge in [0.1, 0.15) is 0 Å². The van der Waals surface area contributed by atoms with E-state index < -0.39 is 17.7 Å². The molecule has 0 unspecified atom stereocenters. The van der Waals surface area contributed by atoms with Crippen LogP contribution in [0.2, 0.25) is 0 Å². The highest BCUT2D eigenvalue weighted by atomic mass is 19.1. The van der Waals surface area contributed by atoms with Crippen LogP contribution >= 0.6 is 0 Å². The molecular formula is C11H11FO2. The smallest absolute Gasteiger partial charge is 0.309 e. The zero-order valence-electron chi connectivity index (χ0n) is 7.87. The lowest BCUT2D eigenvalue weighted by molar-refractivity contribution is -0.149. The average molecular weight is 194 g/mol. The Balaban J connectivity index is 2.38. The van der Waals surface area contributed by atoms with E-state index in [4.69, 9.17) is 4.74 Å². The predicted octanol–water partition coefficient (Wildman–Crippen LogP) is 2.19. The Bertz CT molecular complexity index is 350. The molecule has 0 bridgehead atoms. The minimum atomic E-state index is -1.25. The summed E-state index contributed by atoms with van der Waals surface area (Å²) in [4.78, 5) is 11.0. The molecule has 0 radical (unpaired) electrons. The van der Waals surface area contributed by atoms with Crippen molar-refractivity contribution in [2.75, 3.05) is 0 Å². The molecule has 0 aliphatic carbocycles. The van der Waals surface area contributed by atoms with E-state index in [9.17, 15) is 9.18 Å². The second-order valence-corrected chi connectivity index (χ2v) is 3.62. The molecular weight excluding hydrogens is 183 g/mol. The standard InChI is InChI=1S/C11H11FO2/c1-11(8-5-3-2-4-6-8)9(12)7-10(13)14-11/h2-6,9H,7H2,1H3/t9-,11+/m1/s1. The minimum absolute atomic E-state index is 0.147. The Kier molecular flexibility index (Phi) is 2.02. The van der Waals surface area contributed by atoms with Crippen molar-refractivity contribution in [2.45, 2.75) is 25.1 Å². The van der Waals surface area contributed by atoms with Crippen molar-refractivity contribution in [3.8, 4) is 0 Å². The summed E-state index contributed by atoms with van der Waals surface area (Å²) >= 11 is 0. The summed E-state index contributed by atoms with van der Waals surface area (Å²) in [5, 5.41) is 0. The number of alkyl halides is 1. The second kappa shape index (κ2) is 3.08. The molecule has 1 aliphatic rings. The molecule has 3 heteroatoms. The molecule has 0 aromatic heterocycles. The maximum Gasteiger partial charge on any atom is 0.309 e. The zero-order chi connectivity index (χ0) is 10.2. The first-order valence-corrected chi connectivity index (χ1v) is 4.54. The van der Waals surface area contributed by atoms with Gasteiger partial charge in [-0.3, -0.25) is 4.79 Å². The summed E-state index contributed by atoms with van der Waals surface area (Å²) in [6, 6.07) is 8.99. The Morgan fingerprint density at radius 2 is 2.07 bits per heavy atom. The first-order valence-electron chi connectivity index (χ1n) is 4.54. The van der Waals surface area contributed by atoms with Gasteiger partial charge in [-0.05, 0) is 12.5 Å². The van der Waals surface area contributed by atoms with Crippen molar-refractivity contribution < 1.29 is 13.9 Å². The van der Waals surface area contributed by atoms with E-state index in [0.717, 1.165) is 0 Å². The van der Waals surface area contributed by atoms with Crippen LogP contribution in [0.15, 0.2) is 30.3 Å². The SMILES string of the molecule is C[C@@]1(c2ccccc2)OC(=O)C[C@H]1F. The largest absolute Gasteiger partial charge is 0.451 e. The molecule has 1 aromatic rings. The van der Waals surface area contributed by atoms with Crippen LogP contribution in [0.1, 0.15) is 18.9 Å². The third-order valence-corrected chi connectivity index (χ3v) is 2.62. The van der Waals surface area contributed by atoms with Crippen LogP contribution in [0.5, 0.6) is 0 Å². The highest BCUT2D eigenvalue weighted by Gasteiger charge is 2.47. The number of carbonyl (C=O) groups is 1. The molecule has 2 nitrogen and oxygen atoms in total.